The van der Waals surface area contributed by atoms with Crippen molar-refractivity contribution in [3.63, 3.8) is 0 Å². The van der Waals surface area contributed by atoms with Crippen LogP contribution in [-0.4, -0.2) is 32.8 Å². The van der Waals surface area contributed by atoms with Gasteiger partial charge in [0.25, 0.3) is 5.91 Å². The number of rotatable bonds is 4. The second-order valence-corrected chi connectivity index (χ2v) is 7.88. The minimum atomic E-state index is -0.720. The highest BCUT2D eigenvalue weighted by Gasteiger charge is 2.47. The number of hydrogen-bond donors (Lipinski definition) is 2. The summed E-state index contributed by atoms with van der Waals surface area (Å²) in [4.78, 5) is 28.1. The van der Waals surface area contributed by atoms with Crippen molar-refractivity contribution in [2.24, 2.45) is 0 Å². The number of carbonyl (C=O) groups is 2. The average Bonchev–Trinajstić information content (AvgIpc) is 3.47. The lowest BCUT2D eigenvalue weighted by Gasteiger charge is -2.32. The minimum absolute atomic E-state index is 0.0247. The van der Waals surface area contributed by atoms with Gasteiger partial charge in [-0.3, -0.25) is 9.59 Å². The molecule has 1 fully saturated rings. The van der Waals surface area contributed by atoms with Gasteiger partial charge in [-0.15, -0.1) is 0 Å². The Kier molecular flexibility index (Phi) is 4.35. The van der Waals surface area contributed by atoms with Gasteiger partial charge in [-0.1, -0.05) is 43.2 Å². The van der Waals surface area contributed by atoms with E-state index in [4.69, 9.17) is 4.42 Å². The Labute approximate surface area is 173 Å². The quantitative estimate of drug-likeness (QED) is 0.618. The molecule has 0 saturated heterocycles. The largest absolute Gasteiger partial charge is 0.508 e. The third-order valence-corrected chi connectivity index (χ3v) is 6.06. The fourth-order valence-electron chi connectivity index (χ4n) is 4.62. The van der Waals surface area contributed by atoms with Gasteiger partial charge in [0, 0.05) is 11.4 Å². The van der Waals surface area contributed by atoms with E-state index in [-0.39, 0.29) is 23.1 Å². The number of aromatic hydroxyl groups is 1. The van der Waals surface area contributed by atoms with Gasteiger partial charge in [-0.25, -0.2) is 0 Å². The van der Waals surface area contributed by atoms with Gasteiger partial charge in [0.1, 0.15) is 11.3 Å². The Bertz CT molecular complexity index is 1130. The molecule has 3 aromatic rings. The molecule has 5 rings (SSSR count). The summed E-state index contributed by atoms with van der Waals surface area (Å²) in [6.07, 6.45) is 3.67. The maximum atomic E-state index is 13.4. The lowest BCUT2D eigenvalue weighted by Crippen LogP contribution is -2.38. The van der Waals surface area contributed by atoms with Crippen molar-refractivity contribution in [2.75, 3.05) is 0 Å². The van der Waals surface area contributed by atoms with E-state index in [1.807, 2.05) is 18.2 Å². The lowest BCUT2D eigenvalue weighted by molar-refractivity contribution is -0.131. The van der Waals surface area contributed by atoms with E-state index in [0.29, 0.717) is 11.1 Å². The van der Waals surface area contributed by atoms with Gasteiger partial charge in [-0.2, -0.15) is 0 Å². The minimum Gasteiger partial charge on any atom is -0.508 e. The second-order valence-electron chi connectivity index (χ2n) is 7.88. The molecule has 6 heteroatoms. The lowest BCUT2D eigenvalue weighted by atomic mass is 9.94. The highest BCUT2D eigenvalue weighted by molar-refractivity contribution is 6.16. The van der Waals surface area contributed by atoms with Gasteiger partial charge in [-0.05, 0) is 42.7 Å². The molecule has 2 N–H and O–H groups in total. The molecule has 0 spiro atoms. The van der Waals surface area contributed by atoms with Crippen molar-refractivity contribution in [3.05, 3.63) is 77.3 Å². The molecular weight excluding hydrogens is 382 g/mol. The molecule has 1 unspecified atom stereocenters. The highest BCUT2D eigenvalue weighted by Crippen LogP contribution is 2.43. The van der Waals surface area contributed by atoms with Crippen LogP contribution in [0.15, 0.2) is 70.3 Å². The number of furan rings is 1. The first kappa shape index (κ1) is 18.5. The Morgan fingerprint density at radius 1 is 1.00 bits per heavy atom. The van der Waals surface area contributed by atoms with Crippen LogP contribution < -0.4 is 0 Å². The van der Waals surface area contributed by atoms with E-state index in [1.165, 1.54) is 12.1 Å². The fourth-order valence-corrected chi connectivity index (χ4v) is 4.62. The smallest absolute Gasteiger partial charge is 0.290 e. The third-order valence-electron chi connectivity index (χ3n) is 6.06. The summed E-state index contributed by atoms with van der Waals surface area (Å²) < 4.78 is 5.73. The van der Waals surface area contributed by atoms with Crippen LogP contribution in [0.3, 0.4) is 0 Å². The summed E-state index contributed by atoms with van der Waals surface area (Å²) in [6, 6.07) is 14.5. The summed E-state index contributed by atoms with van der Waals surface area (Å²) in [5.41, 5.74) is 1.26. The third kappa shape index (κ3) is 2.87. The summed E-state index contributed by atoms with van der Waals surface area (Å²) in [5, 5.41) is 21.2. The number of aliphatic hydroxyl groups excluding tert-OH is 1. The van der Waals surface area contributed by atoms with Crippen LogP contribution in [0.2, 0.25) is 0 Å². The molecule has 30 heavy (non-hydrogen) atoms. The number of nitrogens with zero attached hydrogens (tertiary/aromatic N) is 1. The number of ketones is 1. The average molecular weight is 403 g/mol. The molecule has 1 aliphatic heterocycles. The SMILES string of the molecule is O=C(C1=C(O)C(=O)N(C2CCCC2)C1c1ccc(O)cc1)c1cc2ccccc2o1. The van der Waals surface area contributed by atoms with E-state index in [9.17, 15) is 19.8 Å². The van der Waals surface area contributed by atoms with E-state index in [0.717, 1.165) is 31.1 Å². The zero-order valence-electron chi connectivity index (χ0n) is 16.2. The van der Waals surface area contributed by atoms with Gasteiger partial charge in [0.05, 0.1) is 11.6 Å². The van der Waals surface area contributed by atoms with Crippen LogP contribution in [0.5, 0.6) is 5.75 Å². The predicted octanol–water partition coefficient (Wildman–Crippen LogP) is 4.66. The molecule has 1 aromatic heterocycles. The first-order valence-corrected chi connectivity index (χ1v) is 10.1. The molecule has 6 nitrogen and oxygen atoms in total. The molecule has 0 radical (unpaired) electrons. The first-order valence-electron chi connectivity index (χ1n) is 10.1. The molecule has 0 bridgehead atoms. The fraction of sp³-hybridized carbons (Fsp3) is 0.250. The number of aliphatic hydroxyl groups is 1. The Morgan fingerprint density at radius 3 is 2.40 bits per heavy atom. The first-order chi connectivity index (χ1) is 14.5. The number of fused-ring (bicyclic) bond motifs is 1. The molecule has 1 amide bonds. The molecular formula is C24H21NO5. The molecule has 1 aliphatic carbocycles. The summed E-state index contributed by atoms with van der Waals surface area (Å²) in [7, 11) is 0. The van der Waals surface area contributed by atoms with E-state index in [2.05, 4.69) is 0 Å². The Morgan fingerprint density at radius 2 is 1.70 bits per heavy atom. The predicted molar refractivity (Wildman–Crippen MR) is 110 cm³/mol. The zero-order valence-corrected chi connectivity index (χ0v) is 16.2. The van der Waals surface area contributed by atoms with Gasteiger partial charge in [0.15, 0.2) is 11.5 Å². The van der Waals surface area contributed by atoms with Crippen molar-refractivity contribution in [1.82, 2.24) is 4.90 Å². The molecule has 2 aromatic carbocycles. The Hall–Kier alpha value is -3.54. The summed E-state index contributed by atoms with van der Waals surface area (Å²) in [5.74, 6) is -1.38. The number of phenols is 1. The Balaban J connectivity index is 1.62. The topological polar surface area (TPSA) is 91.0 Å². The van der Waals surface area contributed by atoms with Crippen LogP contribution in [-0.2, 0) is 4.79 Å². The number of benzene rings is 2. The molecule has 2 heterocycles. The van der Waals surface area contributed by atoms with Gasteiger partial charge < -0.3 is 19.5 Å². The maximum absolute atomic E-state index is 13.4. The van der Waals surface area contributed by atoms with Crippen molar-refractivity contribution in [2.45, 2.75) is 37.8 Å². The molecule has 1 atom stereocenters. The van der Waals surface area contributed by atoms with Crippen molar-refractivity contribution < 1.29 is 24.2 Å². The normalized spacial score (nSPS) is 19.9. The second kappa shape index (κ2) is 7.06. The molecule has 152 valence electrons. The van der Waals surface area contributed by atoms with Crippen LogP contribution in [0, 0.1) is 0 Å². The molecule has 2 aliphatic rings. The zero-order chi connectivity index (χ0) is 20.8. The monoisotopic (exact) mass is 403 g/mol. The van der Waals surface area contributed by atoms with Crippen LogP contribution in [0.1, 0.15) is 47.8 Å². The number of para-hydroxylation sites is 1. The number of Topliss-reactive ketones (excluding diaryl/α,β-unsaturated/α-hetero) is 1. The van der Waals surface area contributed by atoms with E-state index in [1.54, 1.807) is 29.2 Å². The maximum Gasteiger partial charge on any atom is 0.290 e. The van der Waals surface area contributed by atoms with E-state index < -0.39 is 23.5 Å². The van der Waals surface area contributed by atoms with Crippen molar-refractivity contribution >= 4 is 22.7 Å². The van der Waals surface area contributed by atoms with Crippen LogP contribution in [0.4, 0.5) is 0 Å². The van der Waals surface area contributed by atoms with Gasteiger partial charge >= 0.3 is 0 Å². The number of hydrogen-bond acceptors (Lipinski definition) is 5. The highest BCUT2D eigenvalue weighted by atomic mass is 16.3. The number of phenolic OH excluding ortho intramolecular Hbond substituents is 1. The van der Waals surface area contributed by atoms with Crippen LogP contribution >= 0.6 is 0 Å². The summed E-state index contributed by atoms with van der Waals surface area (Å²) in [6.45, 7) is 0. The number of carbonyl (C=O) groups excluding carboxylic acids is 2. The number of amides is 1. The van der Waals surface area contributed by atoms with Crippen molar-refractivity contribution in [1.29, 1.82) is 0 Å². The van der Waals surface area contributed by atoms with Crippen molar-refractivity contribution in [3.8, 4) is 5.75 Å². The van der Waals surface area contributed by atoms with Gasteiger partial charge in [0.2, 0.25) is 5.78 Å². The van der Waals surface area contributed by atoms with Crippen LogP contribution in [0.25, 0.3) is 11.0 Å². The summed E-state index contributed by atoms with van der Waals surface area (Å²) >= 11 is 0. The molecule has 1 saturated carbocycles. The van der Waals surface area contributed by atoms with E-state index >= 15 is 0 Å². The standard InChI is InChI=1S/C24H21NO5/c26-17-11-9-14(10-12-17)21-20(23(28)24(29)25(21)16-6-2-3-7-16)22(27)19-13-15-5-1-4-8-18(15)30-19/h1,4-5,8-13,16,21,26,28H,2-3,6-7H2.